The van der Waals surface area contributed by atoms with Gasteiger partial charge in [-0.2, -0.15) is 0 Å². The Morgan fingerprint density at radius 1 is 1.10 bits per heavy atom. The molecule has 0 unspecified atom stereocenters. The molecule has 0 fully saturated rings. The number of benzene rings is 2. The van der Waals surface area contributed by atoms with Gasteiger partial charge < -0.3 is 5.32 Å². The van der Waals surface area contributed by atoms with Crippen LogP contribution in [0, 0.1) is 0 Å². The molecule has 0 bridgehead atoms. The Balaban J connectivity index is 2.25. The van der Waals surface area contributed by atoms with Gasteiger partial charge in [0, 0.05) is 16.3 Å². The zero-order valence-corrected chi connectivity index (χ0v) is 13.7. The molecule has 0 atom stereocenters. The second-order valence-corrected chi connectivity index (χ2v) is 6.58. The van der Waals surface area contributed by atoms with Crippen molar-refractivity contribution >= 4 is 23.4 Å². The lowest BCUT2D eigenvalue weighted by molar-refractivity contribution is 0.803. The summed E-state index contributed by atoms with van der Waals surface area (Å²) in [6, 6.07) is 14.8. The summed E-state index contributed by atoms with van der Waals surface area (Å²) in [5.41, 5.74) is 2.60. The maximum atomic E-state index is 6.35. The van der Waals surface area contributed by atoms with Crippen LogP contribution in [0.15, 0.2) is 52.3 Å². The highest BCUT2D eigenvalue weighted by Gasteiger charge is 2.09. The molecular weight excluding hydrogens is 286 g/mol. The molecule has 2 aromatic carbocycles. The van der Waals surface area contributed by atoms with Gasteiger partial charge in [-0.1, -0.05) is 61.5 Å². The van der Waals surface area contributed by atoms with E-state index in [1.807, 2.05) is 19.2 Å². The second kappa shape index (κ2) is 7.16. The van der Waals surface area contributed by atoms with Gasteiger partial charge in [0.1, 0.15) is 0 Å². The molecule has 0 aliphatic rings. The summed E-state index contributed by atoms with van der Waals surface area (Å²) in [5, 5.41) is 4.00. The number of halogens is 1. The molecular formula is C17H20ClNS. The topological polar surface area (TPSA) is 12.0 Å². The first kappa shape index (κ1) is 15.4. The molecule has 0 spiro atoms. The van der Waals surface area contributed by atoms with Gasteiger partial charge in [-0.3, -0.25) is 0 Å². The van der Waals surface area contributed by atoms with Crippen molar-refractivity contribution in [3.8, 4) is 0 Å². The van der Waals surface area contributed by atoms with E-state index in [0.29, 0.717) is 5.92 Å². The summed E-state index contributed by atoms with van der Waals surface area (Å²) in [6.07, 6.45) is 0. The molecule has 2 rings (SSSR count). The normalized spacial score (nSPS) is 11.1. The predicted octanol–water partition coefficient (Wildman–Crippen LogP) is 5.33. The average Bonchev–Trinajstić information content (AvgIpc) is 2.43. The maximum Gasteiger partial charge on any atom is 0.0548 e. The molecule has 0 heterocycles. The summed E-state index contributed by atoms with van der Waals surface area (Å²) >= 11 is 8.08. The number of hydrogen-bond donors (Lipinski definition) is 1. The lowest BCUT2D eigenvalue weighted by atomic mass is 10.0. The molecule has 0 radical (unpaired) electrons. The van der Waals surface area contributed by atoms with Crippen molar-refractivity contribution in [3.63, 3.8) is 0 Å². The zero-order chi connectivity index (χ0) is 14.5. The van der Waals surface area contributed by atoms with Crippen LogP contribution < -0.4 is 5.32 Å². The molecule has 20 heavy (non-hydrogen) atoms. The van der Waals surface area contributed by atoms with Crippen LogP contribution in [0.3, 0.4) is 0 Å². The van der Waals surface area contributed by atoms with E-state index in [4.69, 9.17) is 11.6 Å². The highest BCUT2D eigenvalue weighted by atomic mass is 35.5. The Bertz CT molecular complexity index is 564. The quantitative estimate of drug-likeness (QED) is 0.801. The van der Waals surface area contributed by atoms with Crippen molar-refractivity contribution in [2.24, 2.45) is 0 Å². The summed E-state index contributed by atoms with van der Waals surface area (Å²) < 4.78 is 0. The Labute approximate surface area is 130 Å². The third-order valence-corrected chi connectivity index (χ3v) is 4.80. The minimum absolute atomic E-state index is 0.564. The molecule has 0 aliphatic heterocycles. The van der Waals surface area contributed by atoms with Crippen LogP contribution in [0.2, 0.25) is 5.02 Å². The predicted molar refractivity (Wildman–Crippen MR) is 88.9 cm³/mol. The molecule has 1 nitrogen and oxygen atoms in total. The van der Waals surface area contributed by atoms with Crippen LogP contribution >= 0.6 is 23.4 Å². The Morgan fingerprint density at radius 2 is 1.80 bits per heavy atom. The van der Waals surface area contributed by atoms with Gasteiger partial charge in [0.25, 0.3) is 0 Å². The van der Waals surface area contributed by atoms with Gasteiger partial charge in [0.05, 0.1) is 5.02 Å². The van der Waals surface area contributed by atoms with E-state index in [1.54, 1.807) is 11.8 Å². The van der Waals surface area contributed by atoms with Crippen molar-refractivity contribution in [1.29, 1.82) is 0 Å². The molecule has 3 heteroatoms. The summed E-state index contributed by atoms with van der Waals surface area (Å²) in [5.74, 6) is 0.564. The summed E-state index contributed by atoms with van der Waals surface area (Å²) in [7, 11) is 1.95. The Morgan fingerprint density at radius 3 is 2.40 bits per heavy atom. The lowest BCUT2D eigenvalue weighted by Crippen LogP contribution is -2.06. The van der Waals surface area contributed by atoms with Crippen molar-refractivity contribution in [1.82, 2.24) is 5.32 Å². The first-order valence-electron chi connectivity index (χ1n) is 6.81. The van der Waals surface area contributed by atoms with Crippen molar-refractivity contribution < 1.29 is 0 Å². The van der Waals surface area contributed by atoms with Crippen molar-refractivity contribution in [2.75, 3.05) is 7.05 Å². The fraction of sp³-hybridized carbons (Fsp3) is 0.294. The Hall–Kier alpha value is -0.960. The molecule has 0 aromatic heterocycles. The molecule has 106 valence electrons. The van der Waals surface area contributed by atoms with Gasteiger partial charge >= 0.3 is 0 Å². The highest BCUT2D eigenvalue weighted by molar-refractivity contribution is 7.99. The van der Waals surface area contributed by atoms with Crippen molar-refractivity contribution in [2.45, 2.75) is 36.1 Å². The number of rotatable bonds is 5. The van der Waals surface area contributed by atoms with Crippen LogP contribution in [0.5, 0.6) is 0 Å². The van der Waals surface area contributed by atoms with Crippen LogP contribution in [-0.4, -0.2) is 7.05 Å². The average molecular weight is 306 g/mol. The van der Waals surface area contributed by atoms with Crippen molar-refractivity contribution in [3.05, 3.63) is 58.6 Å². The van der Waals surface area contributed by atoms with Crippen LogP contribution in [-0.2, 0) is 6.54 Å². The third kappa shape index (κ3) is 3.78. The summed E-state index contributed by atoms with van der Waals surface area (Å²) in [6.45, 7) is 5.25. The summed E-state index contributed by atoms with van der Waals surface area (Å²) in [4.78, 5) is 2.36. The third-order valence-electron chi connectivity index (χ3n) is 3.18. The molecule has 0 saturated carbocycles. The van der Waals surface area contributed by atoms with Gasteiger partial charge in [0.15, 0.2) is 0 Å². The van der Waals surface area contributed by atoms with E-state index in [1.165, 1.54) is 16.0 Å². The minimum Gasteiger partial charge on any atom is -0.316 e. The largest absolute Gasteiger partial charge is 0.316 e. The lowest BCUT2D eigenvalue weighted by Gasteiger charge is -2.12. The van der Waals surface area contributed by atoms with Gasteiger partial charge in [-0.15, -0.1) is 0 Å². The fourth-order valence-electron chi connectivity index (χ4n) is 2.04. The SMILES string of the molecule is CNCc1cccc(Cl)c1Sc1ccc(C(C)C)cc1. The second-order valence-electron chi connectivity index (χ2n) is 5.08. The molecule has 0 amide bonds. The van der Waals surface area contributed by atoms with E-state index in [-0.39, 0.29) is 0 Å². The first-order valence-corrected chi connectivity index (χ1v) is 8.01. The van der Waals surface area contributed by atoms with E-state index >= 15 is 0 Å². The smallest absolute Gasteiger partial charge is 0.0548 e. The van der Waals surface area contributed by atoms with Gasteiger partial charge in [-0.25, -0.2) is 0 Å². The number of nitrogens with one attached hydrogen (secondary N) is 1. The Kier molecular flexibility index (Phi) is 5.53. The number of hydrogen-bond acceptors (Lipinski definition) is 2. The van der Waals surface area contributed by atoms with E-state index in [9.17, 15) is 0 Å². The van der Waals surface area contributed by atoms with E-state index < -0.39 is 0 Å². The van der Waals surface area contributed by atoms with Gasteiger partial charge in [0.2, 0.25) is 0 Å². The van der Waals surface area contributed by atoms with Crippen LogP contribution in [0.25, 0.3) is 0 Å². The fourth-order valence-corrected chi connectivity index (χ4v) is 3.29. The standard InChI is InChI=1S/C17H20ClNS/c1-12(2)13-7-9-15(10-8-13)20-17-14(11-19-3)5-4-6-16(17)18/h4-10,12,19H,11H2,1-3H3. The molecule has 0 saturated heterocycles. The van der Waals surface area contributed by atoms with E-state index in [0.717, 1.165) is 16.5 Å². The molecule has 0 aliphatic carbocycles. The van der Waals surface area contributed by atoms with Gasteiger partial charge in [-0.05, 0) is 42.3 Å². The first-order chi connectivity index (χ1) is 9.61. The molecule has 2 aromatic rings. The maximum absolute atomic E-state index is 6.35. The highest BCUT2D eigenvalue weighted by Crippen LogP contribution is 2.36. The zero-order valence-electron chi connectivity index (χ0n) is 12.1. The van der Waals surface area contributed by atoms with Crippen LogP contribution in [0.1, 0.15) is 30.9 Å². The molecule has 1 N–H and O–H groups in total. The van der Waals surface area contributed by atoms with Crippen LogP contribution in [0.4, 0.5) is 0 Å². The minimum atomic E-state index is 0.564. The monoisotopic (exact) mass is 305 g/mol. The van der Waals surface area contributed by atoms with E-state index in [2.05, 4.69) is 49.5 Å².